The number of ether oxygens (including phenoxy) is 1. The number of hydrogen-bond acceptors (Lipinski definition) is 12. The van der Waals surface area contributed by atoms with E-state index in [9.17, 15) is 14.4 Å². The van der Waals surface area contributed by atoms with Crippen molar-refractivity contribution in [1.82, 2.24) is 19.9 Å². The molecule has 0 aromatic carbocycles. The molecule has 212 valence electrons. The third kappa shape index (κ3) is 3.77. The molecule has 2 atom stereocenters. The summed E-state index contributed by atoms with van der Waals surface area (Å²) in [7, 11) is 0. The second-order valence-electron chi connectivity index (χ2n) is 11.6. The van der Waals surface area contributed by atoms with Crippen molar-refractivity contribution < 1.29 is 13.9 Å². The molecule has 40 heavy (non-hydrogen) atoms. The zero-order valence-electron chi connectivity index (χ0n) is 22.4. The molecular formula is C26H32FN9O2S2. The van der Waals surface area contributed by atoms with Crippen LogP contribution in [0.25, 0.3) is 0 Å². The maximum atomic E-state index is 14.3. The molecule has 1 spiro atoms. The predicted octanol–water partition coefficient (Wildman–Crippen LogP) is 2.15. The number of nitrogens with two attached hydrogens (primary N) is 2. The Labute approximate surface area is 240 Å². The second-order valence-corrected chi connectivity index (χ2v) is 14.1. The van der Waals surface area contributed by atoms with E-state index < -0.39 is 17.6 Å². The Morgan fingerprint density at radius 1 is 1.30 bits per heavy atom. The van der Waals surface area contributed by atoms with E-state index in [2.05, 4.69) is 20.9 Å². The van der Waals surface area contributed by atoms with Crippen molar-refractivity contribution >= 4 is 45.9 Å². The number of amides is 1. The molecule has 2 aromatic rings. The predicted molar refractivity (Wildman–Crippen MR) is 151 cm³/mol. The van der Waals surface area contributed by atoms with Crippen molar-refractivity contribution in [1.29, 1.82) is 5.26 Å². The van der Waals surface area contributed by atoms with Gasteiger partial charge in [-0.05, 0) is 39.2 Å². The van der Waals surface area contributed by atoms with Crippen LogP contribution in [0, 0.1) is 11.3 Å². The third-order valence-corrected chi connectivity index (χ3v) is 12.0. The largest absolute Gasteiger partial charge is 0.461 e. The van der Waals surface area contributed by atoms with Gasteiger partial charge in [-0.25, -0.2) is 4.39 Å². The lowest BCUT2D eigenvalue weighted by molar-refractivity contribution is -0.120. The molecule has 1 amide bonds. The summed E-state index contributed by atoms with van der Waals surface area (Å²) >= 11 is 3.32. The second kappa shape index (κ2) is 9.06. The van der Waals surface area contributed by atoms with Gasteiger partial charge in [-0.15, -0.1) is 23.1 Å². The van der Waals surface area contributed by atoms with Gasteiger partial charge in [0.2, 0.25) is 17.8 Å². The number of rotatable bonds is 8. The molecule has 3 saturated heterocycles. The van der Waals surface area contributed by atoms with Crippen molar-refractivity contribution in [3.8, 4) is 12.1 Å². The van der Waals surface area contributed by atoms with Crippen LogP contribution >= 0.6 is 23.1 Å². The van der Waals surface area contributed by atoms with E-state index in [1.807, 2.05) is 23.6 Å². The number of anilines is 3. The number of likely N-dealkylation sites (N-methyl/N-ethyl adjacent to an activating group) is 1. The topological polar surface area (TPSA) is 151 Å². The number of nitriles is 1. The van der Waals surface area contributed by atoms with Gasteiger partial charge in [0.05, 0.1) is 15.8 Å². The smallest absolute Gasteiger partial charge is 0.323 e. The molecule has 2 aromatic heterocycles. The average Bonchev–Trinajstić information content (AvgIpc) is 3.15. The van der Waals surface area contributed by atoms with Crippen LogP contribution in [-0.4, -0.2) is 82.3 Å². The normalized spacial score (nSPS) is 27.2. The van der Waals surface area contributed by atoms with Gasteiger partial charge in [0.1, 0.15) is 29.4 Å². The fourth-order valence-corrected chi connectivity index (χ4v) is 9.95. The average molecular weight is 586 g/mol. The van der Waals surface area contributed by atoms with Crippen LogP contribution in [0.15, 0.2) is 0 Å². The van der Waals surface area contributed by atoms with Gasteiger partial charge >= 0.3 is 6.01 Å². The molecule has 5 aliphatic rings. The number of carbonyl (C=O) groups excluding carboxylic acids is 1. The summed E-state index contributed by atoms with van der Waals surface area (Å²) in [6, 6.07) is 2.47. The Balaban J connectivity index is 1.19. The fraction of sp³-hybridized carbons (Fsp3) is 0.654. The van der Waals surface area contributed by atoms with Gasteiger partial charge < -0.3 is 26.0 Å². The maximum absolute atomic E-state index is 14.3. The fourth-order valence-electron chi connectivity index (χ4n) is 7.14. The Kier molecular flexibility index (Phi) is 5.89. The van der Waals surface area contributed by atoms with E-state index in [0.717, 1.165) is 35.6 Å². The highest BCUT2D eigenvalue weighted by molar-refractivity contribution is 8.00. The third-order valence-electron chi connectivity index (χ3n) is 9.31. The van der Waals surface area contributed by atoms with Crippen molar-refractivity contribution in [2.75, 3.05) is 54.9 Å². The van der Waals surface area contributed by atoms with E-state index in [1.165, 1.54) is 11.3 Å². The highest BCUT2D eigenvalue weighted by Crippen LogP contribution is 2.58. The van der Waals surface area contributed by atoms with E-state index in [0.29, 0.717) is 74.5 Å². The molecule has 4 aliphatic heterocycles. The summed E-state index contributed by atoms with van der Waals surface area (Å²) in [4.78, 5) is 33.8. The number of nitrogens with zero attached hydrogens (tertiary/aromatic N) is 7. The van der Waals surface area contributed by atoms with Crippen LogP contribution in [0.5, 0.6) is 6.01 Å². The first-order chi connectivity index (χ1) is 19.2. The quantitative estimate of drug-likeness (QED) is 0.469. The minimum Gasteiger partial charge on any atom is -0.461 e. The number of fused-ring (bicyclic) bond motifs is 3. The zero-order chi connectivity index (χ0) is 27.9. The number of thiophene rings is 1. The Hall–Kier alpha value is -2.89. The minimum absolute atomic E-state index is 0.167. The molecule has 7 rings (SSSR count). The van der Waals surface area contributed by atoms with Crippen molar-refractivity contribution in [2.45, 2.75) is 66.8 Å². The van der Waals surface area contributed by atoms with Crippen LogP contribution in [0.2, 0.25) is 0 Å². The van der Waals surface area contributed by atoms with Gasteiger partial charge in [0, 0.05) is 48.8 Å². The number of carbonyl (C=O) groups is 1. The number of aromatic nitrogens is 3. The van der Waals surface area contributed by atoms with E-state index in [-0.39, 0.29) is 16.3 Å². The Morgan fingerprint density at radius 3 is 2.80 bits per heavy atom. The van der Waals surface area contributed by atoms with E-state index >= 15 is 0 Å². The Bertz CT molecular complexity index is 1420. The first kappa shape index (κ1) is 26.0. The molecule has 1 aliphatic carbocycles. The zero-order valence-corrected chi connectivity index (χ0v) is 24.0. The van der Waals surface area contributed by atoms with Crippen LogP contribution in [0.3, 0.4) is 0 Å². The first-order valence-electron chi connectivity index (χ1n) is 13.8. The molecule has 0 unspecified atom stereocenters. The van der Waals surface area contributed by atoms with Crippen LogP contribution < -0.4 is 26.0 Å². The number of nitrogen functional groups attached to an aromatic ring is 1. The highest BCUT2D eigenvalue weighted by atomic mass is 32.2. The molecule has 0 radical (unpaired) electrons. The van der Waals surface area contributed by atoms with E-state index in [4.69, 9.17) is 26.2 Å². The number of thioether (sulfide) groups is 1. The molecule has 6 heterocycles. The van der Waals surface area contributed by atoms with Crippen LogP contribution in [0.4, 0.5) is 21.3 Å². The van der Waals surface area contributed by atoms with Gasteiger partial charge in [-0.2, -0.15) is 20.2 Å². The van der Waals surface area contributed by atoms with E-state index in [1.54, 1.807) is 0 Å². The summed E-state index contributed by atoms with van der Waals surface area (Å²) in [5.74, 6) is 1.24. The van der Waals surface area contributed by atoms with Gasteiger partial charge in [0.25, 0.3) is 0 Å². The summed E-state index contributed by atoms with van der Waals surface area (Å²) < 4.78 is 20.4. The molecule has 1 saturated carbocycles. The van der Waals surface area contributed by atoms with Crippen LogP contribution in [-0.2, 0) is 15.3 Å². The molecular weight excluding hydrogens is 553 g/mol. The standard InChI is InChI=1S/C26H32FN9O2S2/c1-2-36(25(5-6-25)20(30)37)22-31-21(32-23(33-22)38-14-24-4-3-7-35(24)10-15(27)8-24)34-12-26(13-34)18-16(9-28)19(29)40-17(18)11-39-26/h15H,2-8,10-14,29H2,1H3,(H2,30,37)/t15-,24+/m1/s1. The highest BCUT2D eigenvalue weighted by Gasteiger charge is 2.56. The van der Waals surface area contributed by atoms with Crippen molar-refractivity contribution in [3.63, 3.8) is 0 Å². The van der Waals surface area contributed by atoms with Gasteiger partial charge in [-0.1, -0.05) is 0 Å². The first-order valence-corrected chi connectivity index (χ1v) is 15.6. The van der Waals surface area contributed by atoms with Crippen LogP contribution in [0.1, 0.15) is 55.0 Å². The summed E-state index contributed by atoms with van der Waals surface area (Å²) in [6.45, 7) is 5.29. The SMILES string of the molecule is CCN(c1nc(OC[C@@]23CCCN2C[C@H](F)C3)nc(N2CC3(C2)SCc2sc(N)c(C#N)c23)n1)C1(C(N)=O)CC1. The van der Waals surface area contributed by atoms with Crippen molar-refractivity contribution in [2.24, 2.45) is 5.73 Å². The summed E-state index contributed by atoms with van der Waals surface area (Å²) in [5, 5.41) is 10.3. The minimum atomic E-state index is -0.857. The lowest BCUT2D eigenvalue weighted by atomic mass is 9.88. The monoisotopic (exact) mass is 585 g/mol. The lowest BCUT2D eigenvalue weighted by Crippen LogP contribution is -2.57. The summed E-state index contributed by atoms with van der Waals surface area (Å²) in [6.07, 6.45) is 2.77. The molecule has 11 nitrogen and oxygen atoms in total. The maximum Gasteiger partial charge on any atom is 0.323 e. The lowest BCUT2D eigenvalue weighted by Gasteiger charge is -2.47. The number of primary amides is 1. The van der Waals surface area contributed by atoms with Gasteiger partial charge in [0.15, 0.2) is 0 Å². The molecule has 0 bridgehead atoms. The number of halogens is 1. The molecule has 14 heteroatoms. The molecule has 4 fully saturated rings. The van der Waals surface area contributed by atoms with Gasteiger partial charge in [-0.3, -0.25) is 9.69 Å². The Morgan fingerprint density at radius 2 is 2.10 bits per heavy atom. The van der Waals surface area contributed by atoms with Crippen molar-refractivity contribution in [3.05, 3.63) is 16.0 Å². The molecule has 4 N–H and O–H groups in total. The summed E-state index contributed by atoms with van der Waals surface area (Å²) in [5.41, 5.74) is 12.5. The number of alkyl halides is 1. The number of hydrogen-bond donors (Lipinski definition) is 2.